The first-order valence-electron chi connectivity index (χ1n) is 27.7. The zero-order valence-electron chi connectivity index (χ0n) is 49.8. The number of esters is 2. The van der Waals surface area contributed by atoms with Crippen molar-refractivity contribution in [2.24, 2.45) is 26.6 Å². The summed E-state index contributed by atoms with van der Waals surface area (Å²) in [6.45, 7) is 7.55. The number of nitrogens with zero attached hydrogens (tertiary/aromatic N) is 7. The molecule has 0 saturated carbocycles. The number of hydrogen-bond acceptors (Lipinski definition) is 16. The molecule has 0 bridgehead atoms. The molecule has 2 aromatic carbocycles. The van der Waals surface area contributed by atoms with Crippen LogP contribution in [0.1, 0.15) is 88.7 Å². The molecule has 5 aliphatic heterocycles. The maximum Gasteiger partial charge on any atom is 0.491 e. The average Bonchev–Trinajstić information content (AvgIpc) is 1.25. The molecule has 0 spiro atoms. The number of rotatable bonds is 8. The summed E-state index contributed by atoms with van der Waals surface area (Å²) < 4.78 is 165. The van der Waals surface area contributed by atoms with Crippen molar-refractivity contribution in [3.8, 4) is 0 Å². The van der Waals surface area contributed by atoms with Gasteiger partial charge in [-0.05, 0) is 76.6 Å². The van der Waals surface area contributed by atoms with Crippen LogP contribution in [-0.2, 0) is 74.7 Å². The standard InChI is InChI=1S/C14H18BrN3O3S.C12H15BrN2O2S.C9H9BrF3N3O.C7H10BrN3.C5H11BrN2.C4F6O3.C2H4BrNO.CH4.5H2/c1-10-2-5-12(6-3-10)22(20,21)17-14-7-4-11(15)8-18(14)9-13(16)19;1-9-2-5-11(6-3-9)18(16,17)15-12-7-4-10(13)8-14-12;10-5-1-2-7-14-6(4-16(7)3-5)15-8(17)9(11,12)13;8-5-1-2-7-10-6(9)4-11(7)3-5;6-4-1-2-5(7)8-3-4;5-3(6,7)1(11)13-2(12)4(8,9)10;3-1-2(4)5;;;;;;/h2-3,5-6,11H,4,7-9H2,1H3,(H2,16,19);2-3,5-6,10H,4,7-8H2,1H3,(H,14,15);4-5H,1-3H2,(H,15,17);4-5H,1-3,9H2;4-5,8H,1-3,7H2;;1H2,(H2,4,5);1H4;5*1H/i;;;;;;;;5*1+1. The number of amidine groups is 2. The number of fused-ring (bicyclic) bond motifs is 2. The monoisotopic (exact) mass is 1800 g/mol. The van der Waals surface area contributed by atoms with Crippen molar-refractivity contribution in [3.63, 3.8) is 0 Å². The number of primary amides is 2. The maximum atomic E-state index is 12.4. The van der Waals surface area contributed by atoms with Crippen molar-refractivity contribution in [3.05, 3.63) is 83.7 Å². The maximum absolute atomic E-state index is 12.4. The lowest BCUT2D eigenvalue weighted by Gasteiger charge is -2.31. The topological polar surface area (TPSA) is 367 Å². The Morgan fingerprint density at radius 3 is 1.58 bits per heavy atom. The van der Waals surface area contributed by atoms with E-state index >= 15 is 0 Å². The molecule has 6 unspecified atom stereocenters. The number of sulfonamides is 2. The van der Waals surface area contributed by atoms with E-state index < -0.39 is 62.3 Å². The minimum Gasteiger partial charge on any atom is -0.382 e. The Labute approximate surface area is 600 Å². The van der Waals surface area contributed by atoms with Crippen LogP contribution in [0.15, 0.2) is 80.1 Å². The van der Waals surface area contributed by atoms with Gasteiger partial charge in [-0.1, -0.05) is 138 Å². The quantitative estimate of drug-likeness (QED) is 0.0373. The summed E-state index contributed by atoms with van der Waals surface area (Å²) in [5.74, 6) is -5.90. The summed E-state index contributed by atoms with van der Waals surface area (Å²) in [5.41, 5.74) is 23.0. The Kier molecular flexibility index (Phi) is 36.1. The number of anilines is 2. The first-order chi connectivity index (χ1) is 43.5. The normalized spacial score (nSPS) is 20.4. The third kappa shape index (κ3) is 32.6. The molecule has 544 valence electrons. The molecule has 0 aliphatic carbocycles. The SMILES string of the molecule is C.Cc1ccc(S(=O)(=O)N=C2CCC(Br)CN2CC(N)=O)cc1.Cc1ccc(S(=O)(=O)NC2=NCC(Br)CC2)cc1.NC(=O)CBr.NC1CCC(Br)CN1.Nc1cn2c(n1)CCC(Br)C2.O=C(Nc1cn2c(n1)CCC(Br)C2)C(F)(F)F.O=C(OC(=O)C(F)(F)F)C(F)(F)F.[2HH].[2HH].[2HH].[2HH].[2HH]. The van der Waals surface area contributed by atoms with Gasteiger partial charge in [0.15, 0.2) is 5.82 Å². The van der Waals surface area contributed by atoms with Crippen LogP contribution in [0.4, 0.5) is 51.1 Å². The Hall–Kier alpha value is -4.78. The highest BCUT2D eigenvalue weighted by atomic mass is 79.9. The molecule has 95 heavy (non-hydrogen) atoms. The Morgan fingerprint density at radius 1 is 0.663 bits per heavy atom. The summed E-state index contributed by atoms with van der Waals surface area (Å²) in [4.78, 5) is 67.2. The summed E-state index contributed by atoms with van der Waals surface area (Å²) >= 11 is 20.3. The van der Waals surface area contributed by atoms with Crippen molar-refractivity contribution in [1.29, 1.82) is 0 Å². The predicted octanol–water partition coefficient (Wildman–Crippen LogP) is 10.3. The molecule has 11 N–H and O–H groups in total. The number of nitrogen functional groups attached to an aromatic ring is 1. The fraction of sp³-hybridized carbons (Fsp3) is 0.537. The number of nitrogens with two attached hydrogens (primary N) is 4. The Balaban J connectivity index is -0.000000550. The predicted molar refractivity (Wildman–Crippen MR) is 371 cm³/mol. The van der Waals surface area contributed by atoms with E-state index in [1.807, 2.05) is 20.0 Å². The lowest BCUT2D eigenvalue weighted by atomic mass is 10.1. The third-order valence-corrected chi connectivity index (χ3v) is 19.7. The number of amides is 3. The summed E-state index contributed by atoms with van der Waals surface area (Å²) in [6, 6.07) is 13.3. The van der Waals surface area contributed by atoms with Gasteiger partial charge in [0.2, 0.25) is 11.8 Å². The Morgan fingerprint density at radius 2 is 1.14 bits per heavy atom. The van der Waals surface area contributed by atoms with E-state index in [2.05, 4.69) is 140 Å². The van der Waals surface area contributed by atoms with Crippen LogP contribution in [-0.4, -0.2) is 163 Å². The Bertz CT molecular complexity index is 3450. The van der Waals surface area contributed by atoms with E-state index in [-0.39, 0.29) is 63.8 Å². The number of likely N-dealkylation sites (tertiary alicyclic amines) is 1. The molecule has 41 heteroatoms. The highest BCUT2D eigenvalue weighted by Crippen LogP contribution is 2.27. The van der Waals surface area contributed by atoms with Gasteiger partial charge >= 0.3 is 36.4 Å². The molecule has 24 nitrogen and oxygen atoms in total. The molecule has 6 atom stereocenters. The molecular weight excluding hydrogens is 1720 g/mol. The molecular formula is C54H81Br6F9N14O10S2. The number of aromatic nitrogens is 4. The van der Waals surface area contributed by atoms with Crippen LogP contribution in [0.2, 0.25) is 0 Å². The average molecular weight is 1810 g/mol. The van der Waals surface area contributed by atoms with Crippen molar-refractivity contribution in [1.82, 2.24) is 34.0 Å². The number of imidazole rings is 2. The number of halogens is 15. The molecule has 5 aliphatic rings. The van der Waals surface area contributed by atoms with Gasteiger partial charge in [-0.2, -0.15) is 47.9 Å². The second kappa shape index (κ2) is 39.7. The van der Waals surface area contributed by atoms with E-state index in [0.717, 1.165) is 68.6 Å². The van der Waals surface area contributed by atoms with Crippen LogP contribution >= 0.6 is 95.6 Å². The highest BCUT2D eigenvalue weighted by molar-refractivity contribution is 9.10. The first-order valence-corrected chi connectivity index (χ1v) is 36.4. The zero-order valence-corrected chi connectivity index (χ0v) is 60.9. The van der Waals surface area contributed by atoms with Gasteiger partial charge < -0.3 is 52.3 Å². The number of aryl methyl sites for hydroxylation is 4. The van der Waals surface area contributed by atoms with Gasteiger partial charge in [-0.3, -0.25) is 24.1 Å². The number of nitrogens with one attached hydrogen (secondary N) is 3. The summed E-state index contributed by atoms with van der Waals surface area (Å²) in [5, 5.41) is 5.16. The number of hydrogen-bond donors (Lipinski definition) is 7. The number of piperidine rings is 2. The lowest BCUT2D eigenvalue weighted by Crippen LogP contribution is -2.45. The van der Waals surface area contributed by atoms with Crippen LogP contribution in [0.25, 0.3) is 0 Å². The van der Waals surface area contributed by atoms with Gasteiger partial charge in [-0.15, -0.1) is 4.40 Å². The number of carbonyl (C=O) groups is 5. The number of benzene rings is 2. The van der Waals surface area contributed by atoms with E-state index in [0.29, 0.717) is 76.7 Å². The third-order valence-electron chi connectivity index (χ3n) is 12.7. The van der Waals surface area contributed by atoms with Crippen LogP contribution in [0, 0.1) is 13.8 Å². The second-order valence-corrected chi connectivity index (χ2v) is 31.1. The fourth-order valence-electron chi connectivity index (χ4n) is 8.03. The van der Waals surface area contributed by atoms with Crippen molar-refractivity contribution in [2.75, 3.05) is 42.6 Å². The lowest BCUT2D eigenvalue weighted by molar-refractivity contribution is -0.221. The van der Waals surface area contributed by atoms with Crippen LogP contribution in [0.5, 0.6) is 0 Å². The van der Waals surface area contributed by atoms with Gasteiger partial charge in [-0.25, -0.2) is 28.0 Å². The number of carbonyl (C=O) groups excluding carboxylic acids is 5. The van der Waals surface area contributed by atoms with Crippen molar-refractivity contribution >= 4 is 169 Å². The van der Waals surface area contributed by atoms with Crippen molar-refractivity contribution < 1.29 is 92.2 Å². The fourth-order valence-corrected chi connectivity index (χ4v) is 12.7. The molecule has 2 aromatic heterocycles. The smallest absolute Gasteiger partial charge is 0.382 e. The summed E-state index contributed by atoms with van der Waals surface area (Å²) in [7, 11) is -7.27. The van der Waals surface area contributed by atoms with Gasteiger partial charge in [0, 0.05) is 95.5 Å². The van der Waals surface area contributed by atoms with Gasteiger partial charge in [0.25, 0.3) is 20.0 Å². The van der Waals surface area contributed by atoms with Crippen LogP contribution in [0.3, 0.4) is 0 Å². The minimum atomic E-state index is -5.62. The molecule has 3 amide bonds. The van der Waals surface area contributed by atoms with E-state index in [9.17, 15) is 80.3 Å². The number of alkyl halides is 15. The van der Waals surface area contributed by atoms with E-state index in [4.69, 9.17) is 17.2 Å². The number of aliphatic imine (C=N–C) groups is 1. The minimum absolute atomic E-state index is 0. The molecule has 9 rings (SSSR count). The first kappa shape index (κ1) is 86.3. The molecule has 4 aromatic rings. The molecule has 7 heterocycles. The molecule has 2 saturated heterocycles. The van der Waals surface area contributed by atoms with Gasteiger partial charge in [0.1, 0.15) is 29.1 Å². The van der Waals surface area contributed by atoms with Crippen molar-refractivity contribution in [2.45, 2.75) is 157 Å². The van der Waals surface area contributed by atoms with Gasteiger partial charge in [0.05, 0.1) is 34.4 Å². The van der Waals surface area contributed by atoms with Crippen LogP contribution < -0.4 is 38.3 Å². The summed E-state index contributed by atoms with van der Waals surface area (Å²) in [6.07, 6.45) is -3.72. The second-order valence-electron chi connectivity index (χ2n) is 20.7. The number of ether oxygens (including phenoxy) is 1. The molecule has 2 fully saturated rings. The highest BCUT2D eigenvalue weighted by Gasteiger charge is 2.49. The largest absolute Gasteiger partial charge is 0.491 e. The van der Waals surface area contributed by atoms with E-state index in [1.165, 1.54) is 24.8 Å². The molecule has 0 radical (unpaired) electrons. The van der Waals surface area contributed by atoms with E-state index in [1.54, 1.807) is 51.2 Å². The zero-order chi connectivity index (χ0) is 71.1.